The zero-order chi connectivity index (χ0) is 8.06. The number of hydrogen-bond acceptors (Lipinski definition) is 1. The Morgan fingerprint density at radius 1 is 1.64 bits per heavy atom. The molecular formula is C10H15N. The lowest BCUT2D eigenvalue weighted by atomic mass is 10.00. The van der Waals surface area contributed by atoms with Crippen LogP contribution in [-0.2, 0) is 0 Å². The van der Waals surface area contributed by atoms with Crippen molar-refractivity contribution in [2.75, 3.05) is 6.54 Å². The fraction of sp³-hybridized carbons (Fsp3) is 0.800. The predicted octanol–water partition coefficient (Wildman–Crippen LogP) is 1.70. The van der Waals surface area contributed by atoms with E-state index in [2.05, 4.69) is 24.8 Å². The van der Waals surface area contributed by atoms with E-state index in [1.807, 2.05) is 0 Å². The van der Waals surface area contributed by atoms with Gasteiger partial charge in [-0.05, 0) is 24.7 Å². The fourth-order valence-corrected chi connectivity index (χ4v) is 2.71. The van der Waals surface area contributed by atoms with Gasteiger partial charge in [0.2, 0.25) is 0 Å². The van der Waals surface area contributed by atoms with E-state index in [1.165, 1.54) is 12.8 Å². The van der Waals surface area contributed by atoms with Gasteiger partial charge in [0.15, 0.2) is 0 Å². The summed E-state index contributed by atoms with van der Waals surface area (Å²) in [6, 6.07) is 2.81. The highest BCUT2D eigenvalue weighted by Gasteiger charge is 2.62. The first kappa shape index (κ1) is 7.03. The molecule has 1 aliphatic heterocycles. The van der Waals surface area contributed by atoms with Crippen LogP contribution in [0.15, 0.2) is 0 Å². The molecule has 0 radical (unpaired) electrons. The minimum atomic E-state index is 0.425. The summed E-state index contributed by atoms with van der Waals surface area (Å²) >= 11 is 0. The lowest BCUT2D eigenvalue weighted by molar-refractivity contribution is 0.244. The number of hydrogen-bond donors (Lipinski definition) is 0. The summed E-state index contributed by atoms with van der Waals surface area (Å²) in [5.74, 6) is 1.64. The molecule has 1 heterocycles. The number of piperidine rings is 1. The molecule has 0 aromatic heterocycles. The first-order valence-electron chi connectivity index (χ1n) is 4.45. The van der Waals surface area contributed by atoms with E-state index < -0.39 is 0 Å². The van der Waals surface area contributed by atoms with E-state index in [1.54, 1.807) is 0 Å². The Hall–Kier alpha value is -0.640. The van der Waals surface area contributed by atoms with E-state index in [-0.39, 0.29) is 0 Å². The van der Waals surface area contributed by atoms with Crippen molar-refractivity contribution >= 4 is 0 Å². The van der Waals surface area contributed by atoms with Gasteiger partial charge in [-0.3, -0.25) is 0 Å². The van der Waals surface area contributed by atoms with Gasteiger partial charge in [-0.25, -0.2) is 0 Å². The second-order valence-corrected chi connectivity index (χ2v) is 4.12. The van der Waals surface area contributed by atoms with Gasteiger partial charge in [-0.15, -0.1) is 0 Å². The molecule has 0 spiro atoms. The van der Waals surface area contributed by atoms with Crippen LogP contribution in [0, 0.1) is 24.3 Å². The van der Waals surface area contributed by atoms with Crippen LogP contribution in [0.5, 0.6) is 0 Å². The smallest absolute Gasteiger partial charge is 0.0536 e. The molecule has 0 aromatic carbocycles. The van der Waals surface area contributed by atoms with E-state index in [0.717, 1.165) is 18.4 Å². The second kappa shape index (κ2) is 1.94. The summed E-state index contributed by atoms with van der Waals surface area (Å²) in [7, 11) is 0. The average molecular weight is 149 g/mol. The van der Waals surface area contributed by atoms with Crippen LogP contribution in [0.1, 0.15) is 26.7 Å². The van der Waals surface area contributed by atoms with Crippen LogP contribution in [0.3, 0.4) is 0 Å². The summed E-state index contributed by atoms with van der Waals surface area (Å²) in [4.78, 5) is 2.22. The number of nitrogens with zero attached hydrogens (tertiary/aromatic N) is 1. The Bertz CT molecular complexity index is 209. The Morgan fingerprint density at radius 2 is 2.36 bits per heavy atom. The molecule has 2 rings (SSSR count). The Morgan fingerprint density at radius 3 is 2.73 bits per heavy atom. The van der Waals surface area contributed by atoms with Crippen LogP contribution >= 0.6 is 0 Å². The quantitative estimate of drug-likeness (QED) is 0.513. The topological polar surface area (TPSA) is 3.24 Å². The van der Waals surface area contributed by atoms with Crippen molar-refractivity contribution in [2.45, 2.75) is 32.2 Å². The molecule has 2 fully saturated rings. The molecule has 2 unspecified atom stereocenters. The molecule has 60 valence electrons. The molecule has 2 atom stereocenters. The Kier molecular flexibility index (Phi) is 1.24. The molecule has 1 saturated heterocycles. The third-order valence-corrected chi connectivity index (χ3v) is 3.48. The molecule has 1 saturated carbocycles. The molecule has 0 aromatic rings. The van der Waals surface area contributed by atoms with Crippen molar-refractivity contribution in [3.05, 3.63) is 0 Å². The molecular weight excluding hydrogens is 134 g/mol. The summed E-state index contributed by atoms with van der Waals surface area (Å²) in [5, 5.41) is 0. The van der Waals surface area contributed by atoms with Gasteiger partial charge < -0.3 is 4.90 Å². The first-order valence-corrected chi connectivity index (χ1v) is 4.45. The fourth-order valence-electron chi connectivity index (χ4n) is 2.71. The molecule has 1 heteroatoms. The average Bonchev–Trinajstić information content (AvgIpc) is 2.60. The van der Waals surface area contributed by atoms with E-state index in [9.17, 15) is 0 Å². The van der Waals surface area contributed by atoms with Crippen LogP contribution in [0.2, 0.25) is 0 Å². The monoisotopic (exact) mass is 149 g/mol. The molecule has 11 heavy (non-hydrogen) atoms. The second-order valence-electron chi connectivity index (χ2n) is 4.12. The number of terminal acetylenes is 1. The molecule has 2 aliphatic rings. The zero-order valence-corrected chi connectivity index (χ0v) is 7.30. The molecule has 1 nitrogen and oxygen atoms in total. The van der Waals surface area contributed by atoms with Crippen LogP contribution in [0.25, 0.3) is 0 Å². The first-order chi connectivity index (χ1) is 5.21. The van der Waals surface area contributed by atoms with Gasteiger partial charge in [-0.2, -0.15) is 0 Å². The SMILES string of the molecule is C#CN1CCC2CC21C(C)C. The maximum absolute atomic E-state index is 5.45. The molecule has 0 amide bonds. The molecule has 1 aliphatic carbocycles. The number of rotatable bonds is 1. The largest absolute Gasteiger partial charge is 0.326 e. The lowest BCUT2D eigenvalue weighted by Crippen LogP contribution is -2.35. The van der Waals surface area contributed by atoms with Crippen molar-refractivity contribution in [3.63, 3.8) is 0 Å². The van der Waals surface area contributed by atoms with Crippen LogP contribution in [0.4, 0.5) is 0 Å². The van der Waals surface area contributed by atoms with Crippen molar-refractivity contribution in [2.24, 2.45) is 11.8 Å². The number of fused-ring (bicyclic) bond motifs is 1. The Labute approximate surface area is 68.8 Å². The van der Waals surface area contributed by atoms with Crippen molar-refractivity contribution in [1.82, 2.24) is 4.90 Å². The summed E-state index contributed by atoms with van der Waals surface area (Å²) in [5.41, 5.74) is 0.425. The van der Waals surface area contributed by atoms with Crippen molar-refractivity contribution < 1.29 is 0 Å². The summed E-state index contributed by atoms with van der Waals surface area (Å²) in [6.45, 7) is 5.70. The lowest BCUT2D eigenvalue weighted by Gasteiger charge is -2.27. The van der Waals surface area contributed by atoms with Crippen molar-refractivity contribution in [3.8, 4) is 12.5 Å². The predicted molar refractivity (Wildman–Crippen MR) is 45.8 cm³/mol. The van der Waals surface area contributed by atoms with Gasteiger partial charge in [0.05, 0.1) is 5.54 Å². The van der Waals surface area contributed by atoms with Gasteiger partial charge in [-0.1, -0.05) is 20.3 Å². The number of likely N-dealkylation sites (tertiary alicyclic amines) is 1. The maximum atomic E-state index is 5.45. The van der Waals surface area contributed by atoms with Crippen molar-refractivity contribution in [1.29, 1.82) is 0 Å². The maximum Gasteiger partial charge on any atom is 0.0536 e. The summed E-state index contributed by atoms with van der Waals surface area (Å²) < 4.78 is 0. The standard InChI is InChI=1S/C10H15N/c1-4-11-6-5-9-7-10(9,11)8(2)3/h1,8-9H,5-7H2,2-3H3. The molecule has 0 N–H and O–H groups in total. The van der Waals surface area contributed by atoms with E-state index >= 15 is 0 Å². The van der Waals surface area contributed by atoms with Gasteiger partial charge >= 0.3 is 0 Å². The van der Waals surface area contributed by atoms with Crippen LogP contribution < -0.4 is 0 Å². The van der Waals surface area contributed by atoms with Gasteiger partial charge in [0, 0.05) is 12.6 Å². The zero-order valence-electron chi connectivity index (χ0n) is 7.30. The normalized spacial score (nSPS) is 40.5. The third-order valence-electron chi connectivity index (χ3n) is 3.48. The highest BCUT2D eigenvalue weighted by atomic mass is 15.3. The van der Waals surface area contributed by atoms with Crippen LogP contribution in [-0.4, -0.2) is 17.0 Å². The van der Waals surface area contributed by atoms with E-state index in [4.69, 9.17) is 6.42 Å². The minimum Gasteiger partial charge on any atom is -0.326 e. The Balaban J connectivity index is 2.22. The van der Waals surface area contributed by atoms with Gasteiger partial charge in [0.1, 0.15) is 0 Å². The molecule has 0 bridgehead atoms. The minimum absolute atomic E-state index is 0.425. The summed E-state index contributed by atoms with van der Waals surface area (Å²) in [6.07, 6.45) is 8.11. The van der Waals surface area contributed by atoms with Gasteiger partial charge in [0.25, 0.3) is 0 Å². The third kappa shape index (κ3) is 0.677. The van der Waals surface area contributed by atoms with E-state index in [0.29, 0.717) is 5.54 Å². The highest BCUT2D eigenvalue weighted by molar-refractivity contribution is 5.21. The highest BCUT2D eigenvalue weighted by Crippen LogP contribution is 2.59.